The summed E-state index contributed by atoms with van der Waals surface area (Å²) in [5.41, 5.74) is 2.72. The Labute approximate surface area is 104 Å². The van der Waals surface area contributed by atoms with E-state index in [2.05, 4.69) is 0 Å². The molecule has 0 fully saturated rings. The van der Waals surface area contributed by atoms with Crippen molar-refractivity contribution in [1.82, 2.24) is 4.57 Å². The molecule has 0 radical (unpaired) electrons. The van der Waals surface area contributed by atoms with Crippen molar-refractivity contribution in [1.29, 1.82) is 0 Å². The van der Waals surface area contributed by atoms with Gasteiger partial charge in [0.2, 0.25) is 0 Å². The Hall–Kier alpha value is -0.700. The highest BCUT2D eigenvalue weighted by Crippen LogP contribution is 2.37. The minimum absolute atomic E-state index is 0.565. The number of aliphatic hydroxyl groups is 1. The molecule has 2 nitrogen and oxygen atoms in total. The number of hydrogen-bond acceptors (Lipinski definition) is 1. The van der Waals surface area contributed by atoms with Crippen molar-refractivity contribution >= 4 is 34.1 Å². The third-order valence-electron chi connectivity index (χ3n) is 2.92. The van der Waals surface area contributed by atoms with Crippen LogP contribution < -0.4 is 0 Å². The second kappa shape index (κ2) is 3.95. The maximum Gasteiger partial charge on any atom is 0.115 e. The van der Waals surface area contributed by atoms with Crippen molar-refractivity contribution in [3.8, 4) is 0 Å². The predicted molar refractivity (Wildman–Crippen MR) is 68.3 cm³/mol. The van der Waals surface area contributed by atoms with Crippen molar-refractivity contribution < 1.29 is 5.11 Å². The largest absolute Gasteiger partial charge is 0.389 e. The van der Waals surface area contributed by atoms with E-state index in [1.807, 2.05) is 30.7 Å². The first kappa shape index (κ1) is 11.8. The molecule has 0 aliphatic rings. The van der Waals surface area contributed by atoms with Gasteiger partial charge in [-0.3, -0.25) is 0 Å². The highest BCUT2D eigenvalue weighted by atomic mass is 35.5. The van der Waals surface area contributed by atoms with E-state index in [0.717, 1.165) is 22.0 Å². The number of rotatable bonds is 1. The topological polar surface area (TPSA) is 25.2 Å². The minimum Gasteiger partial charge on any atom is -0.389 e. The quantitative estimate of drug-likeness (QED) is 0.825. The summed E-state index contributed by atoms with van der Waals surface area (Å²) in [5, 5.41) is 12.0. The Kier molecular flexibility index (Phi) is 2.91. The van der Waals surface area contributed by atoms with E-state index < -0.39 is 6.10 Å². The van der Waals surface area contributed by atoms with E-state index >= 15 is 0 Å². The smallest absolute Gasteiger partial charge is 0.115 e. The van der Waals surface area contributed by atoms with Crippen LogP contribution in [0.15, 0.2) is 12.1 Å². The van der Waals surface area contributed by atoms with Crippen LogP contribution in [0.2, 0.25) is 10.2 Å². The number of nitrogens with zero attached hydrogens (tertiary/aromatic N) is 1. The summed E-state index contributed by atoms with van der Waals surface area (Å²) in [6.45, 7) is 3.66. The van der Waals surface area contributed by atoms with Crippen molar-refractivity contribution in [3.63, 3.8) is 0 Å². The Morgan fingerprint density at radius 2 is 1.94 bits per heavy atom. The van der Waals surface area contributed by atoms with Crippen LogP contribution in [-0.2, 0) is 7.05 Å². The molecule has 1 heterocycles. The van der Waals surface area contributed by atoms with Gasteiger partial charge >= 0.3 is 0 Å². The lowest BCUT2D eigenvalue weighted by Crippen LogP contribution is -1.92. The fourth-order valence-electron chi connectivity index (χ4n) is 2.11. The summed E-state index contributed by atoms with van der Waals surface area (Å²) >= 11 is 12.3. The number of aromatic nitrogens is 1. The molecule has 0 bridgehead atoms. The van der Waals surface area contributed by atoms with Crippen molar-refractivity contribution in [3.05, 3.63) is 33.4 Å². The van der Waals surface area contributed by atoms with Crippen LogP contribution in [0.5, 0.6) is 0 Å². The molecular formula is C12H13Cl2NO. The van der Waals surface area contributed by atoms with Gasteiger partial charge in [0.25, 0.3) is 0 Å². The van der Waals surface area contributed by atoms with Gasteiger partial charge in [0, 0.05) is 23.0 Å². The average Bonchev–Trinajstić information content (AvgIpc) is 2.46. The molecule has 0 aliphatic carbocycles. The van der Waals surface area contributed by atoms with Gasteiger partial charge in [0.15, 0.2) is 0 Å². The van der Waals surface area contributed by atoms with Crippen molar-refractivity contribution in [2.45, 2.75) is 20.0 Å². The zero-order valence-electron chi connectivity index (χ0n) is 9.38. The molecule has 0 saturated carbocycles. The van der Waals surface area contributed by atoms with E-state index in [-0.39, 0.29) is 0 Å². The van der Waals surface area contributed by atoms with Crippen LogP contribution >= 0.6 is 23.2 Å². The Morgan fingerprint density at radius 3 is 2.50 bits per heavy atom. The van der Waals surface area contributed by atoms with E-state index in [1.54, 1.807) is 6.92 Å². The monoisotopic (exact) mass is 257 g/mol. The van der Waals surface area contributed by atoms with Gasteiger partial charge in [0.05, 0.1) is 11.6 Å². The molecule has 0 saturated heterocycles. The highest BCUT2D eigenvalue weighted by Gasteiger charge is 2.19. The normalized spacial score (nSPS) is 13.4. The first-order chi connectivity index (χ1) is 7.45. The summed E-state index contributed by atoms with van der Waals surface area (Å²) in [5.74, 6) is 0. The molecule has 0 spiro atoms. The van der Waals surface area contributed by atoms with Gasteiger partial charge in [-0.25, -0.2) is 0 Å². The summed E-state index contributed by atoms with van der Waals surface area (Å²) in [6, 6.07) is 3.74. The Balaban J connectivity index is 2.96. The van der Waals surface area contributed by atoms with Crippen LogP contribution in [0, 0.1) is 6.92 Å². The van der Waals surface area contributed by atoms with Crippen LogP contribution in [0.3, 0.4) is 0 Å². The summed E-state index contributed by atoms with van der Waals surface area (Å²) in [4.78, 5) is 0. The first-order valence-corrected chi connectivity index (χ1v) is 5.81. The second-order valence-electron chi connectivity index (χ2n) is 4.01. The average molecular weight is 258 g/mol. The molecule has 86 valence electrons. The maximum atomic E-state index is 9.75. The number of fused-ring (bicyclic) bond motifs is 1. The van der Waals surface area contributed by atoms with E-state index in [4.69, 9.17) is 23.2 Å². The molecule has 1 atom stereocenters. The lowest BCUT2D eigenvalue weighted by Gasteiger charge is -2.04. The van der Waals surface area contributed by atoms with E-state index in [1.165, 1.54) is 0 Å². The number of halogens is 2. The van der Waals surface area contributed by atoms with Crippen LogP contribution in [0.4, 0.5) is 0 Å². The summed E-state index contributed by atoms with van der Waals surface area (Å²) in [6.07, 6.45) is -0.586. The molecule has 4 heteroatoms. The van der Waals surface area contributed by atoms with Gasteiger partial charge in [-0.15, -0.1) is 0 Å². The third-order valence-corrected chi connectivity index (χ3v) is 3.79. The van der Waals surface area contributed by atoms with Crippen LogP contribution in [0.25, 0.3) is 10.9 Å². The predicted octanol–water partition coefficient (Wildman–Crippen LogP) is 3.85. The van der Waals surface area contributed by atoms with E-state index in [9.17, 15) is 5.11 Å². The van der Waals surface area contributed by atoms with E-state index in [0.29, 0.717) is 10.2 Å². The first-order valence-electron chi connectivity index (χ1n) is 5.06. The molecule has 2 aromatic rings. The molecule has 0 amide bonds. The number of hydrogen-bond donors (Lipinski definition) is 1. The zero-order chi connectivity index (χ0) is 12.0. The van der Waals surface area contributed by atoms with Gasteiger partial charge in [0.1, 0.15) is 5.15 Å². The van der Waals surface area contributed by atoms with Gasteiger partial charge in [-0.2, -0.15) is 0 Å². The second-order valence-corrected chi connectivity index (χ2v) is 4.77. The van der Waals surface area contributed by atoms with Crippen molar-refractivity contribution in [2.24, 2.45) is 7.05 Å². The summed E-state index contributed by atoms with van der Waals surface area (Å²) in [7, 11) is 1.87. The molecule has 1 unspecified atom stereocenters. The SMILES string of the molecule is Cc1c(Cl)ccc2c(C(C)O)c(Cl)n(C)c12. The lowest BCUT2D eigenvalue weighted by molar-refractivity contribution is 0.201. The van der Waals surface area contributed by atoms with Gasteiger partial charge in [-0.05, 0) is 25.5 Å². The maximum absolute atomic E-state index is 9.75. The Bertz CT molecular complexity index is 558. The molecular weight excluding hydrogens is 245 g/mol. The van der Waals surface area contributed by atoms with Crippen molar-refractivity contribution in [2.75, 3.05) is 0 Å². The number of benzene rings is 1. The third kappa shape index (κ3) is 1.53. The van der Waals surface area contributed by atoms with Crippen LogP contribution in [-0.4, -0.2) is 9.67 Å². The van der Waals surface area contributed by atoms with Gasteiger partial charge in [-0.1, -0.05) is 29.3 Å². The molecule has 2 rings (SSSR count). The molecule has 16 heavy (non-hydrogen) atoms. The van der Waals surface area contributed by atoms with Crippen LogP contribution in [0.1, 0.15) is 24.2 Å². The zero-order valence-corrected chi connectivity index (χ0v) is 10.9. The molecule has 1 aromatic heterocycles. The highest BCUT2D eigenvalue weighted by molar-refractivity contribution is 6.34. The number of aryl methyl sites for hydroxylation is 2. The fourth-order valence-corrected chi connectivity index (χ4v) is 2.61. The molecule has 0 aliphatic heterocycles. The van der Waals surface area contributed by atoms with Gasteiger partial charge < -0.3 is 9.67 Å². The minimum atomic E-state index is -0.586. The molecule has 1 aromatic carbocycles. The number of aliphatic hydroxyl groups excluding tert-OH is 1. The Morgan fingerprint density at radius 1 is 1.31 bits per heavy atom. The molecule has 1 N–H and O–H groups in total. The summed E-state index contributed by atoms with van der Waals surface area (Å²) < 4.78 is 1.86. The fraction of sp³-hybridized carbons (Fsp3) is 0.333. The lowest BCUT2D eigenvalue weighted by atomic mass is 10.1. The standard InChI is InChI=1S/C12H13Cl2NO/c1-6-9(13)5-4-8-10(7(2)16)12(14)15(3)11(6)8/h4-5,7,16H,1-3H3.